The predicted molar refractivity (Wildman–Crippen MR) is 96.1 cm³/mol. The van der Waals surface area contributed by atoms with Crippen molar-refractivity contribution in [3.63, 3.8) is 0 Å². The van der Waals surface area contributed by atoms with Crippen LogP contribution in [0.25, 0.3) is 22.2 Å². The summed E-state index contributed by atoms with van der Waals surface area (Å²) in [5.74, 6) is 0.155. The molecule has 0 aliphatic heterocycles. The molecule has 1 heterocycles. The Morgan fingerprint density at radius 3 is 2.60 bits per heavy atom. The highest BCUT2D eigenvalue weighted by Gasteiger charge is 2.14. The molecule has 2 aromatic carbocycles. The van der Waals surface area contributed by atoms with E-state index >= 15 is 0 Å². The van der Waals surface area contributed by atoms with Crippen molar-refractivity contribution in [2.45, 2.75) is 18.7 Å². The number of H-pyrrole nitrogens is 1. The first-order chi connectivity index (χ1) is 12.1. The molecule has 0 saturated carbocycles. The molecule has 0 radical (unpaired) electrons. The van der Waals surface area contributed by atoms with Gasteiger partial charge >= 0.3 is 0 Å². The first-order valence-corrected chi connectivity index (χ1v) is 8.19. The first-order valence-electron chi connectivity index (χ1n) is 8.19. The molecular formula is C18H22FN5O. The average Bonchev–Trinajstić information content (AvgIpc) is 3.04. The summed E-state index contributed by atoms with van der Waals surface area (Å²) in [7, 11) is 0. The minimum atomic E-state index is -0.939. The Hall–Kier alpha value is -2.32. The molecule has 25 heavy (non-hydrogen) atoms. The lowest BCUT2D eigenvalue weighted by Gasteiger charge is -2.14. The van der Waals surface area contributed by atoms with E-state index in [4.69, 9.17) is 11.5 Å². The fourth-order valence-electron chi connectivity index (χ4n) is 2.66. The van der Waals surface area contributed by atoms with Crippen molar-refractivity contribution >= 4 is 11.0 Å². The van der Waals surface area contributed by atoms with E-state index < -0.39 is 6.23 Å². The summed E-state index contributed by atoms with van der Waals surface area (Å²) in [4.78, 5) is 7.50. The zero-order chi connectivity index (χ0) is 17.8. The standard InChI is InChI=1S/C18H22FN5O/c19-13-4-1-11(2-5-13)12-3-6-15-16(9-12)24-17(23-15)18(25)22-10-14(21)7-8-20/h1-6,9,14,18,22,25H,7-8,10,20-21H2,(H,23,24)/t14-,18?/m0/s1. The van der Waals surface area contributed by atoms with Crippen LogP contribution in [-0.4, -0.2) is 34.2 Å². The average molecular weight is 343 g/mol. The Bertz CT molecular complexity index is 833. The zero-order valence-electron chi connectivity index (χ0n) is 13.7. The molecule has 7 N–H and O–H groups in total. The third-order valence-corrected chi connectivity index (χ3v) is 4.05. The van der Waals surface area contributed by atoms with Gasteiger partial charge in [0.25, 0.3) is 0 Å². The fourth-order valence-corrected chi connectivity index (χ4v) is 2.66. The van der Waals surface area contributed by atoms with Crippen LogP contribution in [0.5, 0.6) is 0 Å². The maximum atomic E-state index is 13.1. The van der Waals surface area contributed by atoms with Gasteiger partial charge in [0.15, 0.2) is 12.1 Å². The number of aliphatic hydroxyl groups is 1. The van der Waals surface area contributed by atoms with Gasteiger partial charge in [-0.2, -0.15) is 0 Å². The molecule has 0 aliphatic rings. The molecule has 0 amide bonds. The van der Waals surface area contributed by atoms with Gasteiger partial charge < -0.3 is 21.6 Å². The van der Waals surface area contributed by atoms with Crippen LogP contribution in [0, 0.1) is 5.82 Å². The first kappa shape index (κ1) is 17.5. The van der Waals surface area contributed by atoms with Gasteiger partial charge in [-0.25, -0.2) is 9.37 Å². The van der Waals surface area contributed by atoms with Crippen LogP contribution in [0.4, 0.5) is 4.39 Å². The maximum Gasteiger partial charge on any atom is 0.163 e. The van der Waals surface area contributed by atoms with E-state index in [1.807, 2.05) is 18.2 Å². The number of nitrogens with one attached hydrogen (secondary N) is 2. The van der Waals surface area contributed by atoms with Gasteiger partial charge in [-0.05, 0) is 48.4 Å². The summed E-state index contributed by atoms with van der Waals surface area (Å²) in [5.41, 5.74) is 14.7. The van der Waals surface area contributed by atoms with Gasteiger partial charge in [-0.15, -0.1) is 0 Å². The van der Waals surface area contributed by atoms with E-state index in [0.717, 1.165) is 22.2 Å². The third kappa shape index (κ3) is 4.21. The van der Waals surface area contributed by atoms with Crippen LogP contribution in [0.1, 0.15) is 18.5 Å². The number of nitrogens with two attached hydrogens (primary N) is 2. The Morgan fingerprint density at radius 1 is 1.16 bits per heavy atom. The Labute approximate surface area is 145 Å². The number of fused-ring (bicyclic) bond motifs is 1. The van der Waals surface area contributed by atoms with Gasteiger partial charge in [-0.1, -0.05) is 18.2 Å². The predicted octanol–water partition coefficient (Wildman–Crippen LogP) is 1.63. The van der Waals surface area contributed by atoms with Crippen molar-refractivity contribution in [1.29, 1.82) is 0 Å². The molecule has 0 spiro atoms. The molecular weight excluding hydrogens is 321 g/mol. The minimum absolute atomic E-state index is 0.117. The molecule has 2 atom stereocenters. The monoisotopic (exact) mass is 343 g/mol. The largest absolute Gasteiger partial charge is 0.371 e. The van der Waals surface area contributed by atoms with Crippen LogP contribution < -0.4 is 16.8 Å². The molecule has 0 saturated heterocycles. The molecule has 7 heteroatoms. The number of hydrogen-bond acceptors (Lipinski definition) is 5. The van der Waals surface area contributed by atoms with E-state index in [0.29, 0.717) is 25.3 Å². The van der Waals surface area contributed by atoms with Gasteiger partial charge in [0.05, 0.1) is 11.0 Å². The highest BCUT2D eigenvalue weighted by atomic mass is 19.1. The second-order valence-electron chi connectivity index (χ2n) is 6.01. The molecule has 3 aromatic rings. The summed E-state index contributed by atoms with van der Waals surface area (Å²) in [6.07, 6.45) is -0.258. The summed E-state index contributed by atoms with van der Waals surface area (Å²) < 4.78 is 13.1. The van der Waals surface area contributed by atoms with Gasteiger partial charge in [-0.3, -0.25) is 5.32 Å². The van der Waals surface area contributed by atoms with Crippen molar-refractivity contribution in [1.82, 2.24) is 15.3 Å². The number of aliphatic hydroxyl groups excluding tert-OH is 1. The fraction of sp³-hybridized carbons (Fsp3) is 0.278. The van der Waals surface area contributed by atoms with Gasteiger partial charge in [0.1, 0.15) is 5.82 Å². The van der Waals surface area contributed by atoms with Crippen LogP contribution in [0.15, 0.2) is 42.5 Å². The van der Waals surface area contributed by atoms with Crippen molar-refractivity contribution in [3.05, 3.63) is 54.1 Å². The number of halogens is 1. The number of rotatable bonds is 7. The highest BCUT2D eigenvalue weighted by Crippen LogP contribution is 2.24. The maximum absolute atomic E-state index is 13.1. The number of hydrogen-bond donors (Lipinski definition) is 5. The lowest BCUT2D eigenvalue weighted by molar-refractivity contribution is 0.128. The number of imidazole rings is 1. The van der Waals surface area contributed by atoms with E-state index in [1.54, 1.807) is 12.1 Å². The number of aromatic nitrogens is 2. The molecule has 1 unspecified atom stereocenters. The summed E-state index contributed by atoms with van der Waals surface area (Å²) in [6, 6.07) is 11.9. The molecule has 132 valence electrons. The second-order valence-corrected chi connectivity index (χ2v) is 6.01. The van der Waals surface area contributed by atoms with Crippen molar-refractivity contribution in [2.24, 2.45) is 11.5 Å². The topological polar surface area (TPSA) is 113 Å². The molecule has 6 nitrogen and oxygen atoms in total. The minimum Gasteiger partial charge on any atom is -0.371 e. The SMILES string of the molecule is NCC[C@H](N)CNC(O)c1nc2ccc(-c3ccc(F)cc3)cc2[nH]1. The van der Waals surface area contributed by atoms with Gasteiger partial charge in [0, 0.05) is 12.6 Å². The number of aromatic amines is 1. The molecule has 0 bridgehead atoms. The van der Waals surface area contributed by atoms with Crippen LogP contribution >= 0.6 is 0 Å². The van der Waals surface area contributed by atoms with Crippen molar-refractivity contribution in [3.8, 4) is 11.1 Å². The zero-order valence-corrected chi connectivity index (χ0v) is 13.7. The third-order valence-electron chi connectivity index (χ3n) is 4.05. The van der Waals surface area contributed by atoms with Crippen LogP contribution in [0.2, 0.25) is 0 Å². The van der Waals surface area contributed by atoms with E-state index in [2.05, 4.69) is 15.3 Å². The number of nitrogens with zero attached hydrogens (tertiary/aromatic N) is 1. The lowest BCUT2D eigenvalue weighted by atomic mass is 10.1. The van der Waals surface area contributed by atoms with Crippen LogP contribution in [-0.2, 0) is 0 Å². The van der Waals surface area contributed by atoms with Crippen molar-refractivity contribution < 1.29 is 9.50 Å². The van der Waals surface area contributed by atoms with Gasteiger partial charge in [0.2, 0.25) is 0 Å². The van der Waals surface area contributed by atoms with Crippen molar-refractivity contribution in [2.75, 3.05) is 13.1 Å². The summed E-state index contributed by atoms with van der Waals surface area (Å²) in [5, 5.41) is 13.2. The van der Waals surface area contributed by atoms with E-state index in [1.165, 1.54) is 12.1 Å². The van der Waals surface area contributed by atoms with Crippen LogP contribution in [0.3, 0.4) is 0 Å². The molecule has 1 aromatic heterocycles. The smallest absolute Gasteiger partial charge is 0.163 e. The highest BCUT2D eigenvalue weighted by molar-refractivity contribution is 5.82. The Kier molecular flexibility index (Phi) is 5.40. The molecule has 3 rings (SSSR count). The second kappa shape index (κ2) is 7.71. The van der Waals surface area contributed by atoms with E-state index in [-0.39, 0.29) is 11.9 Å². The molecule has 0 fully saturated rings. The Morgan fingerprint density at radius 2 is 1.88 bits per heavy atom. The quantitative estimate of drug-likeness (QED) is 0.419. The lowest BCUT2D eigenvalue weighted by Crippen LogP contribution is -2.37. The summed E-state index contributed by atoms with van der Waals surface area (Å²) in [6.45, 7) is 0.950. The normalized spacial score (nSPS) is 13.9. The summed E-state index contributed by atoms with van der Waals surface area (Å²) >= 11 is 0. The number of benzene rings is 2. The molecule has 0 aliphatic carbocycles. The van der Waals surface area contributed by atoms with E-state index in [9.17, 15) is 9.50 Å². The Balaban J connectivity index is 1.77.